The molecule has 0 spiro atoms. The van der Waals surface area contributed by atoms with Crippen LogP contribution in [0.25, 0.3) is 0 Å². The second-order valence-electron chi connectivity index (χ2n) is 3.84. The van der Waals surface area contributed by atoms with Gasteiger partial charge < -0.3 is 5.32 Å². The number of nitrogens with one attached hydrogen (secondary N) is 1. The number of nitriles is 1. The Labute approximate surface area is 107 Å². The van der Waals surface area contributed by atoms with Crippen LogP contribution in [0.4, 0.5) is 0 Å². The molecule has 1 saturated carbocycles. The van der Waals surface area contributed by atoms with Gasteiger partial charge in [-0.15, -0.1) is 11.3 Å². The lowest BCUT2D eigenvalue weighted by Crippen LogP contribution is -2.36. The van der Waals surface area contributed by atoms with Gasteiger partial charge in [0.2, 0.25) is 0 Å². The van der Waals surface area contributed by atoms with E-state index in [4.69, 9.17) is 5.26 Å². The molecular weight excluding hydrogens is 288 g/mol. The first-order chi connectivity index (χ1) is 7.72. The lowest BCUT2D eigenvalue weighted by molar-refractivity contribution is 0.0936. The number of halogens is 1. The Morgan fingerprint density at radius 1 is 1.62 bits per heavy atom. The Bertz CT molecular complexity index is 437. The number of amides is 1. The molecule has 1 N–H and O–H groups in total. The smallest absolute Gasteiger partial charge is 0.262 e. The van der Waals surface area contributed by atoms with Gasteiger partial charge in [0.25, 0.3) is 5.91 Å². The molecule has 0 bridgehead atoms. The minimum Gasteiger partial charge on any atom is -0.347 e. The van der Waals surface area contributed by atoms with Gasteiger partial charge >= 0.3 is 0 Å². The van der Waals surface area contributed by atoms with Crippen molar-refractivity contribution in [3.63, 3.8) is 0 Å². The van der Waals surface area contributed by atoms with Crippen molar-refractivity contribution in [2.45, 2.75) is 25.3 Å². The van der Waals surface area contributed by atoms with Crippen molar-refractivity contribution in [3.05, 3.63) is 20.8 Å². The minimum absolute atomic E-state index is 0.0199. The van der Waals surface area contributed by atoms with Gasteiger partial charge in [-0.3, -0.25) is 4.79 Å². The second kappa shape index (κ2) is 4.98. The first-order valence-corrected chi connectivity index (χ1v) is 6.83. The third-order valence-corrected chi connectivity index (χ3v) is 4.66. The summed E-state index contributed by atoms with van der Waals surface area (Å²) >= 11 is 4.74. The highest BCUT2D eigenvalue weighted by atomic mass is 79.9. The summed E-state index contributed by atoms with van der Waals surface area (Å²) in [6.45, 7) is 0. The van der Waals surface area contributed by atoms with Gasteiger partial charge in [0.15, 0.2) is 0 Å². The largest absolute Gasteiger partial charge is 0.347 e. The van der Waals surface area contributed by atoms with Crippen molar-refractivity contribution in [1.29, 1.82) is 5.26 Å². The monoisotopic (exact) mass is 298 g/mol. The van der Waals surface area contributed by atoms with Crippen molar-refractivity contribution in [1.82, 2.24) is 5.32 Å². The third kappa shape index (κ3) is 2.28. The topological polar surface area (TPSA) is 52.9 Å². The van der Waals surface area contributed by atoms with Gasteiger partial charge in [-0.1, -0.05) is 0 Å². The van der Waals surface area contributed by atoms with E-state index in [0.29, 0.717) is 4.88 Å². The van der Waals surface area contributed by atoms with Crippen LogP contribution in [-0.2, 0) is 0 Å². The Morgan fingerprint density at radius 2 is 2.44 bits per heavy atom. The van der Waals surface area contributed by atoms with Crippen LogP contribution in [0.1, 0.15) is 28.9 Å². The zero-order valence-electron chi connectivity index (χ0n) is 8.57. The van der Waals surface area contributed by atoms with E-state index in [1.807, 2.05) is 11.4 Å². The van der Waals surface area contributed by atoms with E-state index in [1.54, 1.807) is 0 Å². The number of hydrogen-bond donors (Lipinski definition) is 1. The fourth-order valence-corrected chi connectivity index (χ4v) is 3.43. The quantitative estimate of drug-likeness (QED) is 0.913. The van der Waals surface area contributed by atoms with E-state index in [9.17, 15) is 4.79 Å². The van der Waals surface area contributed by atoms with Crippen LogP contribution >= 0.6 is 27.3 Å². The number of nitrogens with zero attached hydrogens (tertiary/aromatic N) is 1. The molecule has 1 heterocycles. The second-order valence-corrected chi connectivity index (χ2v) is 5.61. The fourth-order valence-electron chi connectivity index (χ4n) is 1.98. The van der Waals surface area contributed by atoms with Crippen LogP contribution in [0.3, 0.4) is 0 Å². The highest BCUT2D eigenvalue weighted by Crippen LogP contribution is 2.27. The van der Waals surface area contributed by atoms with Crippen LogP contribution in [0.2, 0.25) is 0 Å². The number of carbonyl (C=O) groups excluding carboxylic acids is 1. The van der Waals surface area contributed by atoms with Crippen molar-refractivity contribution < 1.29 is 4.79 Å². The summed E-state index contributed by atoms with van der Waals surface area (Å²) in [6, 6.07) is 4.13. The predicted molar refractivity (Wildman–Crippen MR) is 66.2 cm³/mol. The third-order valence-electron chi connectivity index (χ3n) is 2.82. The molecule has 16 heavy (non-hydrogen) atoms. The molecule has 2 atom stereocenters. The highest BCUT2D eigenvalue weighted by Gasteiger charge is 2.29. The van der Waals surface area contributed by atoms with E-state index >= 15 is 0 Å². The maximum absolute atomic E-state index is 11.9. The molecule has 2 rings (SSSR count). The van der Waals surface area contributed by atoms with Gasteiger partial charge in [0.05, 0.1) is 12.0 Å². The lowest BCUT2D eigenvalue weighted by atomic mass is 10.1. The van der Waals surface area contributed by atoms with Crippen molar-refractivity contribution >= 4 is 33.2 Å². The van der Waals surface area contributed by atoms with Crippen LogP contribution in [0, 0.1) is 17.2 Å². The first kappa shape index (κ1) is 11.6. The average Bonchev–Trinajstić information content (AvgIpc) is 2.86. The number of hydrogen-bond acceptors (Lipinski definition) is 3. The summed E-state index contributed by atoms with van der Waals surface area (Å²) in [5, 5.41) is 13.7. The molecule has 1 aromatic rings. The Morgan fingerprint density at radius 3 is 3.06 bits per heavy atom. The molecule has 3 nitrogen and oxygen atoms in total. The van der Waals surface area contributed by atoms with Gasteiger partial charge in [0, 0.05) is 10.5 Å². The Balaban J connectivity index is 2.03. The summed E-state index contributed by atoms with van der Waals surface area (Å²) < 4.78 is 0.821. The van der Waals surface area contributed by atoms with Crippen LogP contribution in [0.15, 0.2) is 15.9 Å². The molecular formula is C11H11BrN2OS. The predicted octanol–water partition coefficient (Wildman–Crippen LogP) is 2.93. The number of thiophene rings is 1. The fraction of sp³-hybridized carbons (Fsp3) is 0.455. The maximum atomic E-state index is 11.9. The SMILES string of the molecule is N#CC1CCCC1NC(=O)c1sccc1Br. The number of carbonyl (C=O) groups is 1. The first-order valence-electron chi connectivity index (χ1n) is 5.16. The molecule has 1 aromatic heterocycles. The molecule has 1 aliphatic rings. The summed E-state index contributed by atoms with van der Waals surface area (Å²) in [5.41, 5.74) is 0. The van der Waals surface area contributed by atoms with Crippen LogP contribution < -0.4 is 5.32 Å². The van der Waals surface area contributed by atoms with Gasteiger partial charge in [0.1, 0.15) is 4.88 Å². The molecule has 1 fully saturated rings. The normalized spacial score (nSPS) is 24.0. The molecule has 5 heteroatoms. The molecule has 1 aliphatic carbocycles. The summed E-state index contributed by atoms with van der Waals surface area (Å²) in [4.78, 5) is 12.6. The van der Waals surface area contributed by atoms with E-state index in [2.05, 4.69) is 27.3 Å². The van der Waals surface area contributed by atoms with Gasteiger partial charge in [-0.05, 0) is 46.6 Å². The Hall–Kier alpha value is -0.860. The molecule has 1 amide bonds. The van der Waals surface area contributed by atoms with Gasteiger partial charge in [-0.25, -0.2) is 0 Å². The van der Waals surface area contributed by atoms with Crippen molar-refractivity contribution in [2.75, 3.05) is 0 Å². The molecule has 0 aliphatic heterocycles. The van der Waals surface area contributed by atoms with Crippen LogP contribution in [0.5, 0.6) is 0 Å². The molecule has 2 unspecified atom stereocenters. The molecule has 0 saturated heterocycles. The maximum Gasteiger partial charge on any atom is 0.262 e. The zero-order chi connectivity index (χ0) is 11.5. The number of rotatable bonds is 2. The van der Waals surface area contributed by atoms with Crippen LogP contribution in [-0.4, -0.2) is 11.9 Å². The zero-order valence-corrected chi connectivity index (χ0v) is 11.0. The molecule has 0 radical (unpaired) electrons. The minimum atomic E-state index is -0.0750. The van der Waals surface area contributed by atoms with Gasteiger partial charge in [-0.2, -0.15) is 5.26 Å². The lowest BCUT2D eigenvalue weighted by Gasteiger charge is -2.14. The Kier molecular flexibility index (Phi) is 3.62. The van der Waals surface area contributed by atoms with E-state index in [1.165, 1.54) is 11.3 Å². The van der Waals surface area contributed by atoms with Crippen molar-refractivity contribution in [3.8, 4) is 6.07 Å². The van der Waals surface area contributed by atoms with E-state index in [-0.39, 0.29) is 17.9 Å². The van der Waals surface area contributed by atoms with Crippen molar-refractivity contribution in [2.24, 2.45) is 5.92 Å². The average molecular weight is 299 g/mol. The molecule has 84 valence electrons. The van der Waals surface area contributed by atoms with E-state index < -0.39 is 0 Å². The molecule has 0 aromatic carbocycles. The highest BCUT2D eigenvalue weighted by molar-refractivity contribution is 9.10. The standard InChI is InChI=1S/C11H11BrN2OS/c12-8-4-5-16-10(8)11(15)14-9-3-1-2-7(9)6-13/h4-5,7,9H,1-3H2,(H,14,15). The summed E-state index contributed by atoms with van der Waals surface area (Å²) in [7, 11) is 0. The van der Waals surface area contributed by atoms with E-state index in [0.717, 1.165) is 23.7 Å². The summed E-state index contributed by atoms with van der Waals surface area (Å²) in [5.74, 6) is -0.100. The summed E-state index contributed by atoms with van der Waals surface area (Å²) in [6.07, 6.45) is 2.83.